The van der Waals surface area contributed by atoms with Crippen LogP contribution in [0.4, 0.5) is 0 Å². The second-order valence-electron chi connectivity index (χ2n) is 9.12. The van der Waals surface area contributed by atoms with Gasteiger partial charge in [0.15, 0.2) is 11.5 Å². The Bertz CT molecular complexity index is 995. The Morgan fingerprint density at radius 3 is 2.75 bits per heavy atom. The van der Waals surface area contributed by atoms with E-state index < -0.39 is 6.10 Å². The lowest BCUT2D eigenvalue weighted by Crippen LogP contribution is -2.40. The molecule has 1 aliphatic heterocycles. The number of para-hydroxylation sites is 1. The Hall–Kier alpha value is -2.28. The van der Waals surface area contributed by atoms with E-state index in [-0.39, 0.29) is 12.4 Å². The number of hydrogen-bond acceptors (Lipinski definition) is 5. The SMILES string of the molecule is CCCCCN1CCC(CNC[C@H](O)COc2c(O)ccc3[nH]c4ccccc4c23)CC1. The topological polar surface area (TPSA) is 80.8 Å². The molecule has 1 saturated heterocycles. The highest BCUT2D eigenvalue weighted by molar-refractivity contribution is 6.11. The predicted octanol–water partition coefficient (Wildman–Crippen LogP) is 4.26. The van der Waals surface area contributed by atoms with Gasteiger partial charge < -0.3 is 30.2 Å². The van der Waals surface area contributed by atoms with Gasteiger partial charge >= 0.3 is 0 Å². The van der Waals surface area contributed by atoms with Crippen LogP contribution in [0.3, 0.4) is 0 Å². The maximum Gasteiger partial charge on any atom is 0.171 e. The smallest absolute Gasteiger partial charge is 0.171 e. The largest absolute Gasteiger partial charge is 0.504 e. The molecule has 1 aliphatic rings. The molecule has 32 heavy (non-hydrogen) atoms. The number of aliphatic hydroxyl groups excluding tert-OH is 1. The van der Waals surface area contributed by atoms with Crippen LogP contribution in [0.25, 0.3) is 21.8 Å². The van der Waals surface area contributed by atoms with Gasteiger partial charge in [-0.1, -0.05) is 38.0 Å². The number of aromatic hydroxyl groups is 1. The first-order valence-corrected chi connectivity index (χ1v) is 12.1. The lowest BCUT2D eigenvalue weighted by atomic mass is 9.96. The summed E-state index contributed by atoms with van der Waals surface area (Å²) in [5.41, 5.74) is 1.91. The zero-order chi connectivity index (χ0) is 22.3. The maximum atomic E-state index is 10.4. The minimum Gasteiger partial charge on any atom is -0.504 e. The van der Waals surface area contributed by atoms with Crippen LogP contribution in [-0.2, 0) is 0 Å². The zero-order valence-electron chi connectivity index (χ0n) is 19.1. The van der Waals surface area contributed by atoms with E-state index in [0.717, 1.165) is 28.4 Å². The molecule has 0 saturated carbocycles. The highest BCUT2D eigenvalue weighted by Gasteiger charge is 2.19. The number of phenols is 1. The highest BCUT2D eigenvalue weighted by atomic mass is 16.5. The fourth-order valence-electron chi connectivity index (χ4n) is 4.74. The summed E-state index contributed by atoms with van der Waals surface area (Å²) in [6.07, 6.45) is 5.73. The van der Waals surface area contributed by atoms with Crippen LogP contribution >= 0.6 is 0 Å². The zero-order valence-corrected chi connectivity index (χ0v) is 19.1. The van der Waals surface area contributed by atoms with Gasteiger partial charge in [0, 0.05) is 17.4 Å². The van der Waals surface area contributed by atoms with Crippen molar-refractivity contribution in [1.82, 2.24) is 15.2 Å². The molecule has 4 N–H and O–H groups in total. The van der Waals surface area contributed by atoms with E-state index in [1.165, 1.54) is 51.7 Å². The number of H-pyrrole nitrogens is 1. The molecule has 0 aliphatic carbocycles. The summed E-state index contributed by atoms with van der Waals surface area (Å²) in [4.78, 5) is 5.94. The molecule has 1 atom stereocenters. The van der Waals surface area contributed by atoms with Crippen molar-refractivity contribution in [2.24, 2.45) is 5.92 Å². The van der Waals surface area contributed by atoms with Crippen molar-refractivity contribution in [2.45, 2.75) is 45.1 Å². The van der Waals surface area contributed by atoms with E-state index in [2.05, 4.69) is 22.1 Å². The number of phenolic OH excluding ortho intramolecular Hbond substituents is 1. The maximum absolute atomic E-state index is 10.4. The Morgan fingerprint density at radius 1 is 1.12 bits per heavy atom. The van der Waals surface area contributed by atoms with Gasteiger partial charge in [0.2, 0.25) is 0 Å². The molecular formula is C26H37N3O3. The van der Waals surface area contributed by atoms with Crippen molar-refractivity contribution in [3.05, 3.63) is 36.4 Å². The average molecular weight is 440 g/mol. The number of hydrogen-bond donors (Lipinski definition) is 4. The monoisotopic (exact) mass is 439 g/mol. The third-order valence-electron chi connectivity index (χ3n) is 6.62. The normalized spacial score (nSPS) is 16.7. The summed E-state index contributed by atoms with van der Waals surface area (Å²) in [5.74, 6) is 1.19. The molecule has 2 heterocycles. The van der Waals surface area contributed by atoms with Crippen molar-refractivity contribution < 1.29 is 14.9 Å². The van der Waals surface area contributed by atoms with Gasteiger partial charge in [-0.2, -0.15) is 0 Å². The van der Waals surface area contributed by atoms with Crippen molar-refractivity contribution in [1.29, 1.82) is 0 Å². The fourth-order valence-corrected chi connectivity index (χ4v) is 4.74. The van der Waals surface area contributed by atoms with Crippen LogP contribution in [0, 0.1) is 5.92 Å². The number of nitrogens with zero attached hydrogens (tertiary/aromatic N) is 1. The van der Waals surface area contributed by atoms with Crippen LogP contribution in [-0.4, -0.2) is 65.5 Å². The fraction of sp³-hybridized carbons (Fsp3) is 0.538. The lowest BCUT2D eigenvalue weighted by molar-refractivity contribution is 0.102. The summed E-state index contributed by atoms with van der Waals surface area (Å²) >= 11 is 0. The number of aliphatic hydroxyl groups is 1. The molecule has 2 aromatic carbocycles. The molecule has 4 rings (SSSR count). The van der Waals surface area contributed by atoms with Crippen molar-refractivity contribution in [2.75, 3.05) is 39.3 Å². The van der Waals surface area contributed by atoms with Gasteiger partial charge in [0.05, 0.1) is 10.9 Å². The summed E-state index contributed by atoms with van der Waals surface area (Å²) in [7, 11) is 0. The molecule has 6 nitrogen and oxygen atoms in total. The molecule has 1 fully saturated rings. The van der Waals surface area contributed by atoms with E-state index in [4.69, 9.17) is 4.74 Å². The van der Waals surface area contributed by atoms with Crippen LogP contribution in [0.2, 0.25) is 0 Å². The van der Waals surface area contributed by atoms with E-state index in [1.807, 2.05) is 30.3 Å². The summed E-state index contributed by atoms with van der Waals surface area (Å²) < 4.78 is 5.91. The Morgan fingerprint density at radius 2 is 1.94 bits per heavy atom. The first-order chi connectivity index (χ1) is 15.7. The van der Waals surface area contributed by atoms with Crippen molar-refractivity contribution in [3.63, 3.8) is 0 Å². The number of benzene rings is 2. The van der Waals surface area contributed by atoms with E-state index in [9.17, 15) is 10.2 Å². The van der Waals surface area contributed by atoms with Gasteiger partial charge in [0.25, 0.3) is 0 Å². The summed E-state index contributed by atoms with van der Waals surface area (Å²) in [6.45, 7) is 7.42. The second-order valence-corrected chi connectivity index (χ2v) is 9.12. The molecule has 0 spiro atoms. The molecule has 3 aromatic rings. The van der Waals surface area contributed by atoms with E-state index in [0.29, 0.717) is 18.2 Å². The molecule has 0 unspecified atom stereocenters. The molecule has 0 bridgehead atoms. The van der Waals surface area contributed by atoms with Crippen LogP contribution in [0.5, 0.6) is 11.5 Å². The standard InChI is InChI=1S/C26H37N3O3/c1-2-3-6-13-29-14-11-19(12-15-29)16-27-17-20(30)18-32-26-24(31)10-9-23-25(26)21-7-4-5-8-22(21)28-23/h4-5,7-10,19-20,27-28,30-31H,2-3,6,11-18H2,1H3/t20-/m0/s1. The van der Waals surface area contributed by atoms with E-state index >= 15 is 0 Å². The number of aromatic nitrogens is 1. The number of aromatic amines is 1. The van der Waals surface area contributed by atoms with Gasteiger partial charge in [-0.25, -0.2) is 0 Å². The van der Waals surface area contributed by atoms with Crippen molar-refractivity contribution >= 4 is 21.8 Å². The second kappa shape index (κ2) is 11.0. The van der Waals surface area contributed by atoms with Gasteiger partial charge in [-0.3, -0.25) is 0 Å². The molecule has 174 valence electrons. The number of piperidine rings is 1. The van der Waals surface area contributed by atoms with E-state index in [1.54, 1.807) is 6.07 Å². The lowest BCUT2D eigenvalue weighted by Gasteiger charge is -2.32. The number of likely N-dealkylation sites (tertiary alicyclic amines) is 1. The van der Waals surface area contributed by atoms with Crippen LogP contribution in [0.1, 0.15) is 39.0 Å². The molecule has 0 radical (unpaired) electrons. The predicted molar refractivity (Wildman–Crippen MR) is 131 cm³/mol. The number of ether oxygens (including phenoxy) is 1. The van der Waals surface area contributed by atoms with Gasteiger partial charge in [-0.15, -0.1) is 0 Å². The highest BCUT2D eigenvalue weighted by Crippen LogP contribution is 2.39. The molecule has 0 amide bonds. The van der Waals surface area contributed by atoms with Gasteiger partial charge in [0.1, 0.15) is 12.7 Å². The number of fused-ring (bicyclic) bond motifs is 3. The Labute approximate surface area is 190 Å². The molecular weight excluding hydrogens is 402 g/mol. The molecule has 1 aromatic heterocycles. The van der Waals surface area contributed by atoms with Crippen LogP contribution < -0.4 is 10.1 Å². The number of unbranched alkanes of at least 4 members (excludes halogenated alkanes) is 2. The first kappa shape index (κ1) is 22.9. The third-order valence-corrected chi connectivity index (χ3v) is 6.62. The van der Waals surface area contributed by atoms with Crippen LogP contribution in [0.15, 0.2) is 36.4 Å². The van der Waals surface area contributed by atoms with Crippen molar-refractivity contribution in [3.8, 4) is 11.5 Å². The minimum atomic E-state index is -0.635. The Balaban J connectivity index is 1.23. The summed E-state index contributed by atoms with van der Waals surface area (Å²) in [6, 6.07) is 11.4. The quantitative estimate of drug-likeness (QED) is 0.336. The first-order valence-electron chi connectivity index (χ1n) is 12.1. The number of nitrogens with one attached hydrogen (secondary N) is 2. The summed E-state index contributed by atoms with van der Waals surface area (Å²) in [5, 5.41) is 26.1. The minimum absolute atomic E-state index is 0.0908. The number of rotatable bonds is 11. The Kier molecular flexibility index (Phi) is 7.90. The third kappa shape index (κ3) is 5.55. The average Bonchev–Trinajstić information content (AvgIpc) is 3.18. The molecule has 6 heteroatoms. The van der Waals surface area contributed by atoms with Gasteiger partial charge in [-0.05, 0) is 69.6 Å².